The molecule has 7 heteroatoms. The minimum Gasteiger partial charge on any atom is -0.313 e. The van der Waals surface area contributed by atoms with Crippen LogP contribution < -0.4 is 4.90 Å². The number of hydrogen-bond donors (Lipinski definition) is 0. The minimum atomic E-state index is -1.12. The maximum Gasteiger partial charge on any atom is 0.226 e. The molecule has 0 aliphatic carbocycles. The number of benzene rings is 1. The van der Waals surface area contributed by atoms with E-state index in [4.69, 9.17) is 0 Å². The van der Waals surface area contributed by atoms with Gasteiger partial charge in [0, 0.05) is 49.6 Å². The number of ketones is 1. The second kappa shape index (κ2) is 9.35. The molecule has 0 aliphatic heterocycles. The number of pyridine rings is 2. The van der Waals surface area contributed by atoms with Crippen molar-refractivity contribution < 1.29 is 18.4 Å². The Labute approximate surface area is 173 Å². The molecule has 2 heterocycles. The third-order valence-electron chi connectivity index (χ3n) is 4.82. The third-order valence-corrected chi connectivity index (χ3v) is 4.82. The Hall–Kier alpha value is -3.48. The molecule has 3 aromatic rings. The molecular formula is C23H21F2N3O2. The predicted molar refractivity (Wildman–Crippen MR) is 110 cm³/mol. The van der Waals surface area contributed by atoms with Crippen LogP contribution in [0.1, 0.15) is 35.7 Å². The van der Waals surface area contributed by atoms with Gasteiger partial charge in [-0.2, -0.15) is 0 Å². The molecule has 0 fully saturated rings. The monoisotopic (exact) mass is 409 g/mol. The zero-order valence-electron chi connectivity index (χ0n) is 16.7. The number of hydrogen-bond acceptors (Lipinski definition) is 4. The zero-order chi connectivity index (χ0) is 21.7. The molecule has 0 unspecified atom stereocenters. The van der Waals surface area contributed by atoms with Crippen LogP contribution in [0, 0.1) is 11.6 Å². The van der Waals surface area contributed by atoms with Crippen LogP contribution in [-0.2, 0) is 11.2 Å². The summed E-state index contributed by atoms with van der Waals surface area (Å²) in [5, 5.41) is 0. The van der Waals surface area contributed by atoms with Crippen molar-refractivity contribution in [2.24, 2.45) is 0 Å². The van der Waals surface area contributed by atoms with Gasteiger partial charge in [-0.25, -0.2) is 8.78 Å². The van der Waals surface area contributed by atoms with Gasteiger partial charge >= 0.3 is 0 Å². The fourth-order valence-corrected chi connectivity index (χ4v) is 3.03. The number of Topliss-reactive ketones (excluding diaryl/α,β-unsaturated/α-hetero) is 1. The van der Waals surface area contributed by atoms with Crippen molar-refractivity contribution >= 4 is 17.4 Å². The Morgan fingerprint density at radius 2 is 1.83 bits per heavy atom. The van der Waals surface area contributed by atoms with Crippen molar-refractivity contribution in [1.82, 2.24) is 9.97 Å². The van der Waals surface area contributed by atoms with Crippen LogP contribution in [-0.4, -0.2) is 28.7 Å². The number of aryl methyl sites for hydroxylation is 1. The van der Waals surface area contributed by atoms with Crippen LogP contribution >= 0.6 is 0 Å². The number of halogens is 2. The number of carbonyl (C=O) groups is 2. The number of rotatable bonds is 7. The summed E-state index contributed by atoms with van der Waals surface area (Å²) >= 11 is 0. The maximum absolute atomic E-state index is 14.6. The van der Waals surface area contributed by atoms with Crippen molar-refractivity contribution in [3.63, 3.8) is 0 Å². The number of amides is 1. The summed E-state index contributed by atoms with van der Waals surface area (Å²) in [6.45, 7) is 1.64. The van der Waals surface area contributed by atoms with Gasteiger partial charge in [0.25, 0.3) is 0 Å². The van der Waals surface area contributed by atoms with E-state index in [9.17, 15) is 18.4 Å². The smallest absolute Gasteiger partial charge is 0.226 e. The van der Waals surface area contributed by atoms with Gasteiger partial charge in [0.1, 0.15) is 0 Å². The maximum atomic E-state index is 14.6. The van der Waals surface area contributed by atoms with Crippen LogP contribution in [0.4, 0.5) is 14.5 Å². The number of carbonyl (C=O) groups excluding carboxylic acids is 2. The second-order valence-electron chi connectivity index (χ2n) is 6.78. The molecule has 0 saturated carbocycles. The summed E-state index contributed by atoms with van der Waals surface area (Å²) in [5.41, 5.74) is 1.38. The molecule has 3 rings (SSSR count). The third kappa shape index (κ3) is 4.56. The molecule has 0 radical (unpaired) electrons. The van der Waals surface area contributed by atoms with Gasteiger partial charge in [-0.1, -0.05) is 13.0 Å². The predicted octanol–water partition coefficient (Wildman–Crippen LogP) is 4.61. The molecule has 2 aromatic heterocycles. The Bertz CT molecular complexity index is 1050. The highest BCUT2D eigenvalue weighted by Crippen LogP contribution is 2.29. The average Bonchev–Trinajstić information content (AvgIpc) is 2.79. The average molecular weight is 409 g/mol. The van der Waals surface area contributed by atoms with Crippen LogP contribution in [0.2, 0.25) is 0 Å². The molecule has 154 valence electrons. The van der Waals surface area contributed by atoms with E-state index in [1.165, 1.54) is 31.4 Å². The Morgan fingerprint density at radius 3 is 2.47 bits per heavy atom. The summed E-state index contributed by atoms with van der Waals surface area (Å²) in [6, 6.07) is 9.45. The van der Waals surface area contributed by atoms with Gasteiger partial charge in [-0.15, -0.1) is 0 Å². The van der Waals surface area contributed by atoms with Gasteiger partial charge in [-0.05, 0) is 42.3 Å². The van der Waals surface area contributed by atoms with Gasteiger partial charge < -0.3 is 4.90 Å². The fraction of sp³-hybridized carbons (Fsp3) is 0.217. The molecule has 0 N–H and O–H groups in total. The second-order valence-corrected chi connectivity index (χ2v) is 6.78. The quantitative estimate of drug-likeness (QED) is 0.535. The van der Waals surface area contributed by atoms with E-state index in [0.717, 1.165) is 10.5 Å². The summed E-state index contributed by atoms with van der Waals surface area (Å²) in [4.78, 5) is 33.4. The number of aromatic nitrogens is 2. The topological polar surface area (TPSA) is 63.2 Å². The standard InChI is InChI=1S/C23H21F2N3O2/c1-3-21(30)28(2)19-10-8-17(22(24)23(19)25)18-9-7-16(14-27-18)20(29)11-6-15-5-4-12-26-13-15/h4-5,7-10,12-14H,3,6,11H2,1-2H3. The summed E-state index contributed by atoms with van der Waals surface area (Å²) in [6.07, 6.45) is 5.77. The lowest BCUT2D eigenvalue weighted by molar-refractivity contribution is -0.118. The van der Waals surface area contributed by atoms with E-state index >= 15 is 0 Å². The van der Waals surface area contributed by atoms with Crippen molar-refractivity contribution in [2.45, 2.75) is 26.2 Å². The van der Waals surface area contributed by atoms with Crippen LogP contribution in [0.25, 0.3) is 11.3 Å². The van der Waals surface area contributed by atoms with E-state index < -0.39 is 11.6 Å². The van der Waals surface area contributed by atoms with Crippen LogP contribution in [0.3, 0.4) is 0 Å². The first-order chi connectivity index (χ1) is 14.4. The Balaban J connectivity index is 1.76. The fourth-order valence-electron chi connectivity index (χ4n) is 3.03. The molecule has 0 aliphatic rings. The molecule has 5 nitrogen and oxygen atoms in total. The van der Waals surface area contributed by atoms with E-state index in [2.05, 4.69) is 9.97 Å². The van der Waals surface area contributed by atoms with Gasteiger partial charge in [0.2, 0.25) is 5.91 Å². The molecule has 30 heavy (non-hydrogen) atoms. The van der Waals surface area contributed by atoms with Gasteiger partial charge in [0.05, 0.1) is 11.4 Å². The minimum absolute atomic E-state index is 0.0389. The molecule has 1 aromatic carbocycles. The largest absolute Gasteiger partial charge is 0.313 e. The summed E-state index contributed by atoms with van der Waals surface area (Å²) < 4.78 is 29.1. The van der Waals surface area contributed by atoms with Crippen molar-refractivity contribution in [2.75, 3.05) is 11.9 Å². The first-order valence-corrected chi connectivity index (χ1v) is 9.55. The van der Waals surface area contributed by atoms with E-state index in [1.807, 2.05) is 12.1 Å². The van der Waals surface area contributed by atoms with Crippen molar-refractivity contribution in [1.29, 1.82) is 0 Å². The first kappa shape index (κ1) is 21.2. The van der Waals surface area contributed by atoms with Crippen LogP contribution in [0.15, 0.2) is 55.0 Å². The van der Waals surface area contributed by atoms with E-state index in [1.54, 1.807) is 25.4 Å². The Kier molecular flexibility index (Phi) is 6.61. The van der Waals surface area contributed by atoms with Gasteiger partial charge in [0.15, 0.2) is 17.4 Å². The molecule has 0 spiro atoms. The molecular weight excluding hydrogens is 388 g/mol. The lowest BCUT2D eigenvalue weighted by Crippen LogP contribution is -2.26. The van der Waals surface area contributed by atoms with Crippen LogP contribution in [0.5, 0.6) is 0 Å². The van der Waals surface area contributed by atoms with Crippen molar-refractivity contribution in [3.05, 3.63) is 77.8 Å². The lowest BCUT2D eigenvalue weighted by Gasteiger charge is -2.18. The number of nitrogens with zero attached hydrogens (tertiary/aromatic N) is 3. The lowest BCUT2D eigenvalue weighted by atomic mass is 10.0. The summed E-state index contributed by atoms with van der Waals surface area (Å²) in [7, 11) is 1.40. The summed E-state index contributed by atoms with van der Waals surface area (Å²) in [5.74, 6) is -2.63. The highest BCUT2D eigenvalue weighted by Gasteiger charge is 2.20. The molecule has 0 saturated heterocycles. The van der Waals surface area contributed by atoms with E-state index in [0.29, 0.717) is 18.4 Å². The zero-order valence-corrected chi connectivity index (χ0v) is 16.7. The normalized spacial score (nSPS) is 10.7. The Morgan fingerprint density at radius 1 is 1.03 bits per heavy atom. The highest BCUT2D eigenvalue weighted by molar-refractivity contribution is 5.96. The van der Waals surface area contributed by atoms with Crippen molar-refractivity contribution in [3.8, 4) is 11.3 Å². The SMILES string of the molecule is CCC(=O)N(C)c1ccc(-c2ccc(C(=O)CCc3cccnc3)cn2)c(F)c1F. The molecule has 0 bridgehead atoms. The first-order valence-electron chi connectivity index (χ1n) is 9.55. The number of anilines is 1. The molecule has 1 amide bonds. The highest BCUT2D eigenvalue weighted by atomic mass is 19.2. The van der Waals surface area contributed by atoms with Gasteiger partial charge in [-0.3, -0.25) is 19.6 Å². The molecule has 0 atom stereocenters. The van der Waals surface area contributed by atoms with E-state index in [-0.39, 0.29) is 35.1 Å².